The topological polar surface area (TPSA) is 98.9 Å². The number of hydrogen-bond acceptors (Lipinski definition) is 5. The number of carbonyl (C=O) groups excluding carboxylic acids is 2. The number of amides is 2. The Labute approximate surface area is 235 Å². The maximum Gasteiger partial charge on any atom is 0.416 e. The number of nitrogens with one attached hydrogen (secondary N) is 1. The number of aromatic hydroxyl groups is 1. The summed E-state index contributed by atoms with van der Waals surface area (Å²) in [4.78, 5) is 30.0. The van der Waals surface area contributed by atoms with Gasteiger partial charge in [0.05, 0.1) is 21.8 Å². The van der Waals surface area contributed by atoms with Crippen molar-refractivity contribution in [1.29, 1.82) is 0 Å². The van der Waals surface area contributed by atoms with Gasteiger partial charge in [-0.1, -0.05) is 48.9 Å². The molecule has 11 heteroatoms. The molecule has 1 saturated heterocycles. The van der Waals surface area contributed by atoms with Crippen LogP contribution in [0.25, 0.3) is 11.1 Å². The van der Waals surface area contributed by atoms with E-state index in [1.807, 2.05) is 42.2 Å². The summed E-state index contributed by atoms with van der Waals surface area (Å²) in [5.74, 6) is -1.11. The number of carbonyl (C=O) groups is 2. The zero-order valence-electron chi connectivity index (χ0n) is 21.8. The number of phenolic OH excluding ortho intramolecular Hbond substituents is 1. The van der Waals surface area contributed by atoms with E-state index in [0.29, 0.717) is 24.2 Å². The van der Waals surface area contributed by atoms with Gasteiger partial charge < -0.3 is 26.0 Å². The van der Waals surface area contributed by atoms with Crippen molar-refractivity contribution in [2.45, 2.75) is 25.6 Å². The number of benzene rings is 3. The van der Waals surface area contributed by atoms with Crippen LogP contribution in [0.4, 0.5) is 18.9 Å². The Morgan fingerprint density at radius 1 is 1.10 bits per heavy atom. The van der Waals surface area contributed by atoms with E-state index < -0.39 is 23.6 Å². The number of nitrogens with two attached hydrogens (primary N) is 1. The molecule has 40 heavy (non-hydrogen) atoms. The van der Waals surface area contributed by atoms with Crippen LogP contribution in [-0.2, 0) is 6.18 Å². The van der Waals surface area contributed by atoms with Gasteiger partial charge >= 0.3 is 6.18 Å². The molecule has 0 bridgehead atoms. The number of nitrogens with zero attached hydrogens (tertiary/aromatic N) is 2. The molecule has 3 aromatic carbocycles. The second-order valence-electron chi connectivity index (χ2n) is 9.47. The van der Waals surface area contributed by atoms with Gasteiger partial charge in [-0.2, -0.15) is 13.2 Å². The van der Waals surface area contributed by atoms with E-state index in [4.69, 9.17) is 17.3 Å². The fourth-order valence-electron chi connectivity index (χ4n) is 4.91. The van der Waals surface area contributed by atoms with Gasteiger partial charge in [0.2, 0.25) is 0 Å². The number of halogens is 4. The molecule has 1 aliphatic heterocycles. The SMILES string of the molecule is CC[C@@H]1CN(C(=O)c2ccc(C(F)(F)F)cc2Cl)CCN1c1ccc(-c2ccccc2)c(O)c1C(=O)NCCN. The van der Waals surface area contributed by atoms with Crippen molar-refractivity contribution >= 4 is 29.1 Å². The summed E-state index contributed by atoms with van der Waals surface area (Å²) in [5.41, 5.74) is 6.51. The third kappa shape index (κ3) is 6.03. The molecule has 0 saturated carbocycles. The van der Waals surface area contributed by atoms with E-state index in [0.717, 1.165) is 23.8 Å². The highest BCUT2D eigenvalue weighted by Gasteiger charge is 2.35. The zero-order chi connectivity index (χ0) is 29.0. The Balaban J connectivity index is 1.64. The van der Waals surface area contributed by atoms with Crippen molar-refractivity contribution in [3.05, 3.63) is 82.4 Å². The molecule has 0 aromatic heterocycles. The second-order valence-corrected chi connectivity index (χ2v) is 9.87. The van der Waals surface area contributed by atoms with Gasteiger partial charge in [0.25, 0.3) is 11.8 Å². The highest BCUT2D eigenvalue weighted by molar-refractivity contribution is 6.33. The molecule has 0 aliphatic carbocycles. The summed E-state index contributed by atoms with van der Waals surface area (Å²) >= 11 is 6.09. The molecular weight excluding hydrogens is 545 g/mol. The summed E-state index contributed by atoms with van der Waals surface area (Å²) in [6.07, 6.45) is -3.98. The van der Waals surface area contributed by atoms with E-state index in [9.17, 15) is 27.9 Å². The summed E-state index contributed by atoms with van der Waals surface area (Å²) in [7, 11) is 0. The van der Waals surface area contributed by atoms with Gasteiger partial charge in [0, 0.05) is 44.3 Å². The Kier molecular flexibility index (Phi) is 8.90. The van der Waals surface area contributed by atoms with Crippen LogP contribution < -0.4 is 16.0 Å². The summed E-state index contributed by atoms with van der Waals surface area (Å²) in [5, 5.41) is 13.8. The lowest BCUT2D eigenvalue weighted by Crippen LogP contribution is -2.55. The fourth-order valence-corrected chi connectivity index (χ4v) is 5.17. The molecule has 1 heterocycles. The highest BCUT2D eigenvalue weighted by Crippen LogP contribution is 2.40. The van der Waals surface area contributed by atoms with E-state index in [2.05, 4.69) is 5.32 Å². The van der Waals surface area contributed by atoms with Crippen molar-refractivity contribution in [3.8, 4) is 16.9 Å². The lowest BCUT2D eigenvalue weighted by molar-refractivity contribution is -0.137. The Morgan fingerprint density at radius 3 is 2.45 bits per heavy atom. The second kappa shape index (κ2) is 12.2. The van der Waals surface area contributed by atoms with Gasteiger partial charge in [-0.05, 0) is 42.3 Å². The van der Waals surface area contributed by atoms with Gasteiger partial charge in [0.15, 0.2) is 0 Å². The first-order chi connectivity index (χ1) is 19.1. The Bertz CT molecular complexity index is 1380. The van der Waals surface area contributed by atoms with Crippen LogP contribution in [0.5, 0.6) is 5.75 Å². The molecule has 0 unspecified atom stereocenters. The summed E-state index contributed by atoms with van der Waals surface area (Å²) in [6, 6.07) is 15.2. The number of rotatable bonds is 7. The van der Waals surface area contributed by atoms with Crippen LogP contribution in [0.1, 0.15) is 39.6 Å². The minimum Gasteiger partial charge on any atom is -0.506 e. The maximum atomic E-state index is 13.3. The van der Waals surface area contributed by atoms with Crippen molar-refractivity contribution in [3.63, 3.8) is 0 Å². The molecule has 4 N–H and O–H groups in total. The first-order valence-electron chi connectivity index (χ1n) is 12.9. The highest BCUT2D eigenvalue weighted by atomic mass is 35.5. The summed E-state index contributed by atoms with van der Waals surface area (Å²) in [6.45, 7) is 3.19. The lowest BCUT2D eigenvalue weighted by atomic mass is 9.97. The van der Waals surface area contributed by atoms with Crippen molar-refractivity contribution < 1.29 is 27.9 Å². The largest absolute Gasteiger partial charge is 0.506 e. The van der Waals surface area contributed by atoms with E-state index in [-0.39, 0.29) is 54.1 Å². The lowest BCUT2D eigenvalue weighted by Gasteiger charge is -2.43. The number of phenols is 1. The molecule has 0 spiro atoms. The molecular formula is C29H30ClF3N4O3. The first kappa shape index (κ1) is 29.2. The van der Waals surface area contributed by atoms with E-state index in [1.54, 1.807) is 17.0 Å². The van der Waals surface area contributed by atoms with Crippen molar-refractivity contribution in [1.82, 2.24) is 10.2 Å². The standard InChI is InChI=1S/C29H30ClF3N4O3/c1-2-20-17-36(28(40)22-9-8-19(16-23(22)30)29(31,32)33)14-15-37(20)24-11-10-21(18-6-4-3-5-7-18)26(38)25(24)27(39)35-13-12-34/h3-11,16,20,38H,2,12-15,17,34H2,1H3,(H,35,39)/t20-/m1/s1. The minimum absolute atomic E-state index is 0.00956. The van der Waals surface area contributed by atoms with Gasteiger partial charge in [-0.25, -0.2) is 0 Å². The average Bonchev–Trinajstić information content (AvgIpc) is 2.95. The molecule has 1 aliphatic rings. The molecule has 212 valence electrons. The number of hydrogen-bond donors (Lipinski definition) is 3. The minimum atomic E-state index is -4.57. The molecule has 2 amide bonds. The first-order valence-corrected chi connectivity index (χ1v) is 13.3. The average molecular weight is 575 g/mol. The maximum absolute atomic E-state index is 13.3. The van der Waals surface area contributed by atoms with Crippen LogP contribution in [-0.4, -0.2) is 60.6 Å². The third-order valence-electron chi connectivity index (χ3n) is 6.98. The van der Waals surface area contributed by atoms with Crippen LogP contribution in [0, 0.1) is 0 Å². The summed E-state index contributed by atoms with van der Waals surface area (Å²) < 4.78 is 39.2. The number of alkyl halides is 3. The zero-order valence-corrected chi connectivity index (χ0v) is 22.6. The molecule has 3 aromatic rings. The molecule has 1 fully saturated rings. The normalized spacial score (nSPS) is 15.7. The predicted octanol–water partition coefficient (Wildman–Crippen LogP) is 5.16. The van der Waals surface area contributed by atoms with Crippen LogP contribution in [0.2, 0.25) is 5.02 Å². The van der Waals surface area contributed by atoms with Crippen molar-refractivity contribution in [2.24, 2.45) is 5.73 Å². The van der Waals surface area contributed by atoms with E-state index in [1.165, 1.54) is 0 Å². The van der Waals surface area contributed by atoms with E-state index >= 15 is 0 Å². The monoisotopic (exact) mass is 574 g/mol. The Hall–Kier alpha value is -3.76. The van der Waals surface area contributed by atoms with Crippen molar-refractivity contribution in [2.75, 3.05) is 37.6 Å². The quantitative estimate of drug-likeness (QED) is 0.362. The molecule has 1 atom stereocenters. The van der Waals surface area contributed by atoms with Crippen LogP contribution in [0.3, 0.4) is 0 Å². The smallest absolute Gasteiger partial charge is 0.416 e. The van der Waals surface area contributed by atoms with Gasteiger partial charge in [0.1, 0.15) is 11.3 Å². The molecule has 4 rings (SSSR count). The fraction of sp³-hybridized carbons (Fsp3) is 0.310. The Morgan fingerprint density at radius 2 is 1.82 bits per heavy atom. The number of anilines is 1. The molecule has 7 nitrogen and oxygen atoms in total. The predicted molar refractivity (Wildman–Crippen MR) is 149 cm³/mol. The van der Waals surface area contributed by atoms with Crippen LogP contribution in [0.15, 0.2) is 60.7 Å². The number of piperazine rings is 1. The van der Waals surface area contributed by atoms with Gasteiger partial charge in [-0.3, -0.25) is 9.59 Å². The van der Waals surface area contributed by atoms with Crippen LogP contribution >= 0.6 is 11.6 Å². The third-order valence-corrected chi connectivity index (χ3v) is 7.29. The molecule has 0 radical (unpaired) electrons. The van der Waals surface area contributed by atoms with Gasteiger partial charge in [-0.15, -0.1) is 0 Å².